The first kappa shape index (κ1) is 21.3. The minimum absolute atomic E-state index is 0. The number of aliphatic imine (C=N–C) groups is 1. The fraction of sp³-hybridized carbons (Fsp3) is 0.722. The van der Waals surface area contributed by atoms with Crippen LogP contribution in [-0.2, 0) is 6.42 Å². The van der Waals surface area contributed by atoms with Crippen molar-refractivity contribution >= 4 is 29.9 Å². The molecular weight excluding hydrogens is 415 g/mol. The normalized spacial score (nSPS) is 16.7. The molecule has 1 aromatic rings. The van der Waals surface area contributed by atoms with Crippen molar-refractivity contribution in [3.8, 4) is 0 Å². The van der Waals surface area contributed by atoms with E-state index < -0.39 is 0 Å². The molecule has 0 aromatic carbocycles. The zero-order valence-corrected chi connectivity index (χ0v) is 17.4. The number of furan rings is 1. The minimum atomic E-state index is 0. The highest BCUT2D eigenvalue weighted by atomic mass is 127. The molecule has 2 rings (SSSR count). The zero-order chi connectivity index (χ0) is 16.3. The van der Waals surface area contributed by atoms with E-state index in [0.717, 1.165) is 31.2 Å². The van der Waals surface area contributed by atoms with Crippen LogP contribution >= 0.6 is 24.0 Å². The molecule has 0 atom stereocenters. The lowest BCUT2D eigenvalue weighted by Crippen LogP contribution is -2.48. The molecular formula is C18H33IN4O. The summed E-state index contributed by atoms with van der Waals surface area (Å²) in [6.45, 7) is 9.65. The number of likely N-dealkylation sites (tertiary alicyclic amines) is 1. The lowest BCUT2D eigenvalue weighted by Gasteiger charge is -2.33. The molecule has 0 bridgehead atoms. The topological polar surface area (TPSA) is 52.8 Å². The maximum Gasteiger partial charge on any atom is 0.191 e. The maximum atomic E-state index is 5.35. The Kier molecular flexibility index (Phi) is 11.2. The maximum absolute atomic E-state index is 5.35. The predicted octanol–water partition coefficient (Wildman–Crippen LogP) is 3.26. The van der Waals surface area contributed by atoms with Gasteiger partial charge in [-0.25, -0.2) is 0 Å². The Morgan fingerprint density at radius 3 is 2.75 bits per heavy atom. The summed E-state index contributed by atoms with van der Waals surface area (Å²) < 4.78 is 5.35. The average molecular weight is 448 g/mol. The van der Waals surface area contributed by atoms with E-state index in [0.29, 0.717) is 6.04 Å². The van der Waals surface area contributed by atoms with Crippen LogP contribution in [0.2, 0.25) is 0 Å². The van der Waals surface area contributed by atoms with Crippen LogP contribution in [0.25, 0.3) is 0 Å². The summed E-state index contributed by atoms with van der Waals surface area (Å²) in [6, 6.07) is 4.46. The summed E-state index contributed by atoms with van der Waals surface area (Å²) in [7, 11) is 0. The van der Waals surface area contributed by atoms with E-state index in [1.54, 1.807) is 6.26 Å². The van der Waals surface area contributed by atoms with Gasteiger partial charge in [0.15, 0.2) is 5.96 Å². The van der Waals surface area contributed by atoms with Gasteiger partial charge in [-0.2, -0.15) is 0 Å². The van der Waals surface area contributed by atoms with Crippen molar-refractivity contribution in [1.82, 2.24) is 15.5 Å². The third kappa shape index (κ3) is 7.88. The molecule has 0 spiro atoms. The Morgan fingerprint density at radius 1 is 1.33 bits per heavy atom. The SMILES string of the molecule is CCCCN1CCC(NC(=NCCc2ccco2)NCC)CC1.I. The van der Waals surface area contributed by atoms with E-state index in [1.165, 1.54) is 45.3 Å². The first-order chi connectivity index (χ1) is 11.3. The summed E-state index contributed by atoms with van der Waals surface area (Å²) >= 11 is 0. The smallest absolute Gasteiger partial charge is 0.191 e. The van der Waals surface area contributed by atoms with Gasteiger partial charge >= 0.3 is 0 Å². The van der Waals surface area contributed by atoms with Gasteiger partial charge in [-0.15, -0.1) is 24.0 Å². The summed E-state index contributed by atoms with van der Waals surface area (Å²) in [4.78, 5) is 7.26. The number of halogens is 1. The molecule has 0 saturated carbocycles. The van der Waals surface area contributed by atoms with Crippen LogP contribution in [0.4, 0.5) is 0 Å². The minimum Gasteiger partial charge on any atom is -0.469 e. The number of hydrogen-bond donors (Lipinski definition) is 2. The number of nitrogens with zero attached hydrogens (tertiary/aromatic N) is 2. The van der Waals surface area contributed by atoms with Gasteiger partial charge in [0.1, 0.15) is 5.76 Å². The van der Waals surface area contributed by atoms with Crippen molar-refractivity contribution in [3.05, 3.63) is 24.2 Å². The molecule has 138 valence electrons. The van der Waals surface area contributed by atoms with Crippen LogP contribution in [0.5, 0.6) is 0 Å². The molecule has 1 fully saturated rings. The Morgan fingerprint density at radius 2 is 2.12 bits per heavy atom. The largest absolute Gasteiger partial charge is 0.469 e. The first-order valence-electron chi connectivity index (χ1n) is 9.11. The Bertz CT molecular complexity index is 442. The molecule has 1 aromatic heterocycles. The van der Waals surface area contributed by atoms with Gasteiger partial charge < -0.3 is 20.0 Å². The molecule has 6 heteroatoms. The van der Waals surface area contributed by atoms with Gasteiger partial charge in [0.2, 0.25) is 0 Å². The van der Waals surface area contributed by atoms with Crippen LogP contribution in [0.3, 0.4) is 0 Å². The van der Waals surface area contributed by atoms with Crippen molar-refractivity contribution in [2.45, 2.75) is 52.0 Å². The zero-order valence-electron chi connectivity index (χ0n) is 15.1. The highest BCUT2D eigenvalue weighted by Crippen LogP contribution is 2.11. The summed E-state index contributed by atoms with van der Waals surface area (Å²) in [5.74, 6) is 1.93. The van der Waals surface area contributed by atoms with E-state index in [2.05, 4.69) is 34.4 Å². The average Bonchev–Trinajstić information content (AvgIpc) is 3.08. The van der Waals surface area contributed by atoms with E-state index in [9.17, 15) is 0 Å². The van der Waals surface area contributed by atoms with Crippen LogP contribution in [0.15, 0.2) is 27.8 Å². The number of nitrogens with one attached hydrogen (secondary N) is 2. The van der Waals surface area contributed by atoms with E-state index in [4.69, 9.17) is 4.42 Å². The Balaban J connectivity index is 0.00000288. The van der Waals surface area contributed by atoms with Crippen LogP contribution in [0, 0.1) is 0 Å². The first-order valence-corrected chi connectivity index (χ1v) is 9.11. The van der Waals surface area contributed by atoms with Gasteiger partial charge in [-0.05, 0) is 44.9 Å². The molecule has 5 nitrogen and oxygen atoms in total. The molecule has 1 aliphatic heterocycles. The second-order valence-electron chi connectivity index (χ2n) is 6.20. The molecule has 2 heterocycles. The standard InChI is InChI=1S/C18H32N4O.HI/c1-3-5-12-22-13-9-16(10-14-22)21-18(19-4-2)20-11-8-17-7-6-15-23-17;/h6-7,15-16H,3-5,8-14H2,1-2H3,(H2,19,20,21);1H. The molecule has 0 unspecified atom stereocenters. The highest BCUT2D eigenvalue weighted by Gasteiger charge is 2.19. The quantitative estimate of drug-likeness (QED) is 0.364. The lowest BCUT2D eigenvalue weighted by atomic mass is 10.0. The third-order valence-corrected chi connectivity index (χ3v) is 4.31. The fourth-order valence-corrected chi connectivity index (χ4v) is 2.93. The molecule has 24 heavy (non-hydrogen) atoms. The van der Waals surface area contributed by atoms with Crippen molar-refractivity contribution < 1.29 is 4.42 Å². The van der Waals surface area contributed by atoms with Gasteiger partial charge in [0, 0.05) is 38.6 Å². The molecule has 0 radical (unpaired) electrons. The monoisotopic (exact) mass is 448 g/mol. The molecule has 1 saturated heterocycles. The Hall–Kier alpha value is -0.760. The Labute approximate surface area is 163 Å². The van der Waals surface area contributed by atoms with Crippen LogP contribution < -0.4 is 10.6 Å². The number of unbranched alkanes of at least 4 members (excludes halogenated alkanes) is 1. The fourth-order valence-electron chi connectivity index (χ4n) is 2.93. The predicted molar refractivity (Wildman–Crippen MR) is 111 cm³/mol. The number of hydrogen-bond acceptors (Lipinski definition) is 3. The second kappa shape index (κ2) is 12.6. The molecule has 1 aliphatic rings. The second-order valence-corrected chi connectivity index (χ2v) is 6.20. The van der Waals surface area contributed by atoms with E-state index in [-0.39, 0.29) is 24.0 Å². The molecule has 0 aliphatic carbocycles. The third-order valence-electron chi connectivity index (χ3n) is 4.31. The van der Waals surface area contributed by atoms with Crippen molar-refractivity contribution in [3.63, 3.8) is 0 Å². The number of guanidine groups is 1. The van der Waals surface area contributed by atoms with Crippen LogP contribution in [-0.4, -0.2) is 49.6 Å². The van der Waals surface area contributed by atoms with Crippen molar-refractivity contribution in [2.24, 2.45) is 4.99 Å². The van der Waals surface area contributed by atoms with E-state index >= 15 is 0 Å². The summed E-state index contributed by atoms with van der Waals surface area (Å²) in [5.41, 5.74) is 0. The number of piperidine rings is 1. The lowest BCUT2D eigenvalue weighted by molar-refractivity contribution is 0.203. The van der Waals surface area contributed by atoms with Gasteiger partial charge in [0.05, 0.1) is 6.26 Å². The van der Waals surface area contributed by atoms with Gasteiger partial charge in [-0.1, -0.05) is 13.3 Å². The van der Waals surface area contributed by atoms with E-state index in [1.807, 2.05) is 12.1 Å². The van der Waals surface area contributed by atoms with Crippen LogP contribution in [0.1, 0.15) is 45.3 Å². The summed E-state index contributed by atoms with van der Waals surface area (Å²) in [5, 5.41) is 6.95. The van der Waals surface area contributed by atoms with Crippen molar-refractivity contribution in [1.29, 1.82) is 0 Å². The highest BCUT2D eigenvalue weighted by molar-refractivity contribution is 14.0. The summed E-state index contributed by atoms with van der Waals surface area (Å²) in [6.07, 6.45) is 7.56. The molecule has 2 N–H and O–H groups in total. The number of rotatable bonds is 8. The molecule has 0 amide bonds. The van der Waals surface area contributed by atoms with Gasteiger partial charge in [-0.3, -0.25) is 4.99 Å². The van der Waals surface area contributed by atoms with Crippen molar-refractivity contribution in [2.75, 3.05) is 32.7 Å². The van der Waals surface area contributed by atoms with Gasteiger partial charge in [0.25, 0.3) is 0 Å².